The van der Waals surface area contributed by atoms with Crippen molar-refractivity contribution in [3.8, 4) is 23.1 Å². The molecule has 1 aliphatic rings. The number of benzene rings is 5. The molecular weight excluding hydrogens is 512 g/mol. The van der Waals surface area contributed by atoms with E-state index in [-0.39, 0.29) is 12.5 Å². The Labute approximate surface area is 235 Å². The molecule has 8 rings (SSSR count). The Balaban J connectivity index is 1.23. The van der Waals surface area contributed by atoms with Crippen molar-refractivity contribution in [3.05, 3.63) is 132 Å². The molecule has 0 N–H and O–H groups in total. The van der Waals surface area contributed by atoms with Crippen LogP contribution in [0, 0.1) is 0 Å². The monoisotopic (exact) mass is 536 g/mol. The highest BCUT2D eigenvalue weighted by molar-refractivity contribution is 5.91. The molecule has 7 nitrogen and oxygen atoms in total. The summed E-state index contributed by atoms with van der Waals surface area (Å²) in [7, 11) is 1.67. The van der Waals surface area contributed by atoms with Gasteiger partial charge in [-0.2, -0.15) is 0 Å². The lowest BCUT2D eigenvalue weighted by Gasteiger charge is -2.28. The molecule has 2 aromatic heterocycles. The van der Waals surface area contributed by atoms with Crippen LogP contribution in [0.15, 0.2) is 109 Å². The van der Waals surface area contributed by atoms with Crippen LogP contribution < -0.4 is 14.2 Å². The van der Waals surface area contributed by atoms with Crippen LogP contribution in [0.2, 0.25) is 0 Å². The molecule has 5 aromatic carbocycles. The van der Waals surface area contributed by atoms with Gasteiger partial charge in [0.05, 0.1) is 12.7 Å². The maximum atomic E-state index is 6.53. The van der Waals surface area contributed by atoms with Crippen LogP contribution in [0.3, 0.4) is 0 Å². The highest BCUT2D eigenvalue weighted by Crippen LogP contribution is 2.50. The van der Waals surface area contributed by atoms with E-state index < -0.39 is 0 Å². The molecule has 0 spiro atoms. The summed E-state index contributed by atoms with van der Waals surface area (Å²) >= 11 is 0. The zero-order chi connectivity index (χ0) is 27.3. The number of aromatic nitrogens is 4. The smallest absolute Gasteiger partial charge is 0.228 e. The van der Waals surface area contributed by atoms with Crippen LogP contribution >= 0.6 is 0 Å². The van der Waals surface area contributed by atoms with Crippen molar-refractivity contribution in [1.29, 1.82) is 0 Å². The molecule has 3 heterocycles. The highest BCUT2D eigenvalue weighted by Gasteiger charge is 2.34. The Morgan fingerprint density at radius 2 is 1.56 bits per heavy atom. The first-order valence-corrected chi connectivity index (χ1v) is 13.4. The second kappa shape index (κ2) is 9.34. The first-order chi connectivity index (χ1) is 20.2. The largest absolute Gasteiger partial charge is 0.497 e. The first kappa shape index (κ1) is 23.5. The number of ether oxygens (including phenoxy) is 3. The average molecular weight is 537 g/mol. The minimum atomic E-state index is -0.168. The van der Waals surface area contributed by atoms with Crippen molar-refractivity contribution >= 4 is 27.2 Å². The summed E-state index contributed by atoms with van der Waals surface area (Å²) < 4.78 is 19.8. The van der Waals surface area contributed by atoms with Crippen LogP contribution in [-0.4, -0.2) is 26.7 Å². The van der Waals surface area contributed by atoms with Gasteiger partial charge in [0.1, 0.15) is 30.2 Å². The quantitative estimate of drug-likeness (QED) is 0.230. The number of fused-ring (bicyclic) bond motifs is 7. The van der Waals surface area contributed by atoms with Gasteiger partial charge in [-0.15, -0.1) is 5.10 Å². The van der Waals surface area contributed by atoms with E-state index >= 15 is 0 Å². The van der Waals surface area contributed by atoms with E-state index in [0.717, 1.165) is 50.1 Å². The van der Waals surface area contributed by atoms with Crippen LogP contribution in [0.1, 0.15) is 28.4 Å². The summed E-state index contributed by atoms with van der Waals surface area (Å²) in [4.78, 5) is 9.63. The molecule has 198 valence electrons. The van der Waals surface area contributed by atoms with Gasteiger partial charge in [0.15, 0.2) is 11.5 Å². The zero-order valence-corrected chi connectivity index (χ0v) is 22.2. The van der Waals surface area contributed by atoms with Crippen LogP contribution in [-0.2, 0) is 6.61 Å². The Hall–Kier alpha value is -5.43. The Morgan fingerprint density at radius 3 is 2.41 bits per heavy atom. The Morgan fingerprint density at radius 1 is 0.805 bits per heavy atom. The van der Waals surface area contributed by atoms with Gasteiger partial charge >= 0.3 is 0 Å². The zero-order valence-electron chi connectivity index (χ0n) is 22.2. The van der Waals surface area contributed by atoms with Crippen molar-refractivity contribution < 1.29 is 14.2 Å². The summed E-state index contributed by atoms with van der Waals surface area (Å²) in [6, 6.07) is 34.9. The number of nitrogens with zero attached hydrogens (tertiary/aromatic N) is 4. The molecule has 1 atom stereocenters. The van der Waals surface area contributed by atoms with Gasteiger partial charge in [0.25, 0.3) is 0 Å². The summed E-state index contributed by atoms with van der Waals surface area (Å²) in [6.07, 6.45) is 1.65. The van der Waals surface area contributed by atoms with E-state index in [4.69, 9.17) is 29.3 Å². The minimum absolute atomic E-state index is 0.168. The fourth-order valence-electron chi connectivity index (χ4n) is 5.70. The lowest BCUT2D eigenvalue weighted by molar-refractivity contribution is 0.296. The number of rotatable bonds is 5. The Kier molecular flexibility index (Phi) is 5.35. The lowest BCUT2D eigenvalue weighted by Crippen LogP contribution is -2.15. The van der Waals surface area contributed by atoms with E-state index in [1.54, 1.807) is 18.0 Å². The molecule has 0 saturated heterocycles. The first-order valence-electron chi connectivity index (χ1n) is 13.4. The van der Waals surface area contributed by atoms with Gasteiger partial charge in [-0.05, 0) is 46.0 Å². The molecule has 7 heteroatoms. The highest BCUT2D eigenvalue weighted by atomic mass is 16.5. The maximum Gasteiger partial charge on any atom is 0.228 e. The van der Waals surface area contributed by atoms with Gasteiger partial charge in [-0.1, -0.05) is 78.9 Å². The maximum absolute atomic E-state index is 6.53. The molecular formula is C34H24N4O3. The van der Waals surface area contributed by atoms with Gasteiger partial charge in [-0.25, -0.2) is 14.5 Å². The second-order valence-corrected chi connectivity index (χ2v) is 10.1. The summed E-state index contributed by atoms with van der Waals surface area (Å²) in [5.74, 6) is 3.30. The van der Waals surface area contributed by atoms with E-state index in [1.165, 1.54) is 5.39 Å². The molecule has 0 radical (unpaired) electrons. The Bertz CT molecular complexity index is 2090. The van der Waals surface area contributed by atoms with Crippen LogP contribution in [0.4, 0.5) is 0 Å². The molecule has 0 aliphatic carbocycles. The fourth-order valence-corrected chi connectivity index (χ4v) is 5.70. The standard InChI is InChI=1S/C34H24N4O3/c1-39-25-14-11-23(12-15-25)30-28-17-13-22-7-4-5-9-27(22)32(28)41-34-31(30)33-36-29(37-38(33)20-35-34)19-40-26-16-10-21-6-2-3-8-24(21)18-26/h2-18,20,30H,19H2,1H3/t30-/m1/s1. The SMILES string of the molecule is COc1ccc([C@@H]2c3ccc4ccccc4c3Oc3ncn4nc(COc5ccc6ccccc6c5)nc4c32)cc1. The summed E-state index contributed by atoms with van der Waals surface area (Å²) in [6.45, 7) is 0.226. The second-order valence-electron chi connectivity index (χ2n) is 10.1. The van der Waals surface area contributed by atoms with E-state index in [1.807, 2.05) is 48.5 Å². The molecule has 7 aromatic rings. The minimum Gasteiger partial charge on any atom is -0.497 e. The molecule has 0 unspecified atom stereocenters. The fraction of sp³-hybridized carbons (Fsp3) is 0.0882. The molecule has 41 heavy (non-hydrogen) atoms. The predicted octanol–water partition coefficient (Wildman–Crippen LogP) is 7.30. The van der Waals surface area contributed by atoms with Crippen molar-refractivity contribution in [1.82, 2.24) is 19.6 Å². The summed E-state index contributed by atoms with van der Waals surface area (Å²) in [5, 5.41) is 9.15. The normalized spacial score (nSPS) is 14.0. The number of methoxy groups -OCH3 is 1. The molecule has 0 saturated carbocycles. The van der Waals surface area contributed by atoms with E-state index in [2.05, 4.69) is 54.6 Å². The molecule has 0 fully saturated rings. The van der Waals surface area contributed by atoms with Crippen molar-refractivity contribution in [2.45, 2.75) is 12.5 Å². The van der Waals surface area contributed by atoms with Crippen molar-refractivity contribution in [2.75, 3.05) is 7.11 Å². The topological polar surface area (TPSA) is 70.8 Å². The third kappa shape index (κ3) is 3.93. The van der Waals surface area contributed by atoms with Gasteiger partial charge in [0.2, 0.25) is 5.88 Å². The third-order valence-electron chi connectivity index (χ3n) is 7.68. The van der Waals surface area contributed by atoms with Crippen LogP contribution in [0.5, 0.6) is 23.1 Å². The van der Waals surface area contributed by atoms with Gasteiger partial charge in [-0.3, -0.25) is 0 Å². The van der Waals surface area contributed by atoms with Crippen molar-refractivity contribution in [2.24, 2.45) is 0 Å². The van der Waals surface area contributed by atoms with Crippen LogP contribution in [0.25, 0.3) is 27.2 Å². The third-order valence-corrected chi connectivity index (χ3v) is 7.68. The number of hydrogen-bond donors (Lipinski definition) is 0. The molecule has 1 aliphatic heterocycles. The molecule has 0 bridgehead atoms. The van der Waals surface area contributed by atoms with Crippen molar-refractivity contribution in [3.63, 3.8) is 0 Å². The average Bonchev–Trinajstić information content (AvgIpc) is 3.46. The lowest BCUT2D eigenvalue weighted by atomic mass is 9.83. The van der Waals surface area contributed by atoms with Gasteiger partial charge in [0, 0.05) is 16.9 Å². The van der Waals surface area contributed by atoms with E-state index in [0.29, 0.717) is 17.4 Å². The van der Waals surface area contributed by atoms with E-state index in [9.17, 15) is 0 Å². The number of hydrogen-bond acceptors (Lipinski definition) is 6. The van der Waals surface area contributed by atoms with Gasteiger partial charge < -0.3 is 14.2 Å². The molecule has 0 amide bonds. The summed E-state index contributed by atoms with van der Waals surface area (Å²) in [5.41, 5.74) is 3.68. The predicted molar refractivity (Wildman–Crippen MR) is 157 cm³/mol.